The molecule has 0 aliphatic rings. The van der Waals surface area contributed by atoms with Crippen LogP contribution in [-0.4, -0.2) is 22.4 Å². The van der Waals surface area contributed by atoms with Crippen molar-refractivity contribution in [1.29, 1.82) is 0 Å². The van der Waals surface area contributed by atoms with Gasteiger partial charge < -0.3 is 9.88 Å². The third-order valence-corrected chi connectivity index (χ3v) is 4.60. The topological polar surface area (TPSA) is 41.4 Å². The van der Waals surface area contributed by atoms with Crippen LogP contribution in [0.5, 0.6) is 0 Å². The van der Waals surface area contributed by atoms with Gasteiger partial charge in [-0.05, 0) is 30.3 Å². The number of nitrogens with one attached hydrogen (secondary N) is 2. The van der Waals surface area contributed by atoms with E-state index < -0.39 is 0 Å². The van der Waals surface area contributed by atoms with Gasteiger partial charge >= 0.3 is 0 Å². The van der Waals surface area contributed by atoms with Gasteiger partial charge in [0.1, 0.15) is 0 Å². The van der Waals surface area contributed by atoms with Crippen molar-refractivity contribution >= 4 is 34.4 Å². The van der Waals surface area contributed by atoms with Crippen LogP contribution in [0.4, 0.5) is 0 Å². The fourth-order valence-corrected chi connectivity index (χ4v) is 3.23. The van der Waals surface area contributed by atoms with Gasteiger partial charge in [-0.1, -0.05) is 61.9 Å². The fraction of sp³-hybridized carbons (Fsp3) is 0.238. The van der Waals surface area contributed by atoms with Crippen LogP contribution < -0.4 is 10.7 Å². The molecule has 0 amide bonds. The second kappa shape index (κ2) is 8.63. The molecular formula is C21H24N4S. The molecule has 1 heterocycles. The molecule has 0 unspecified atom stereocenters. The van der Waals surface area contributed by atoms with Crippen LogP contribution in [0.1, 0.15) is 25.3 Å². The van der Waals surface area contributed by atoms with E-state index in [1.165, 1.54) is 10.9 Å². The first-order chi connectivity index (χ1) is 12.7. The average Bonchev–Trinajstić information content (AvgIpc) is 2.95. The number of hydrogen-bond donors (Lipinski definition) is 2. The zero-order chi connectivity index (χ0) is 18.4. The summed E-state index contributed by atoms with van der Waals surface area (Å²) in [6, 6.07) is 18.7. The second-order valence-corrected chi connectivity index (χ2v) is 6.59. The summed E-state index contributed by atoms with van der Waals surface area (Å²) in [5.74, 6) is 0. The van der Waals surface area contributed by atoms with Crippen LogP contribution in [0.3, 0.4) is 0 Å². The Labute approximate surface area is 159 Å². The first kappa shape index (κ1) is 18.1. The van der Waals surface area contributed by atoms with E-state index in [2.05, 4.69) is 82.9 Å². The monoisotopic (exact) mass is 364 g/mol. The van der Waals surface area contributed by atoms with E-state index in [-0.39, 0.29) is 0 Å². The highest BCUT2D eigenvalue weighted by atomic mass is 32.1. The van der Waals surface area contributed by atoms with E-state index in [1.54, 1.807) is 0 Å². The van der Waals surface area contributed by atoms with Gasteiger partial charge in [-0.15, -0.1) is 0 Å². The molecule has 2 aromatic carbocycles. The zero-order valence-corrected chi connectivity index (χ0v) is 16.0. The van der Waals surface area contributed by atoms with Gasteiger partial charge in [-0.2, -0.15) is 5.10 Å². The number of rotatable bonds is 6. The van der Waals surface area contributed by atoms with E-state index in [0.717, 1.165) is 36.2 Å². The summed E-state index contributed by atoms with van der Waals surface area (Å²) in [4.78, 5) is 0. The molecule has 0 bridgehead atoms. The molecule has 26 heavy (non-hydrogen) atoms. The lowest BCUT2D eigenvalue weighted by Crippen LogP contribution is -2.32. The summed E-state index contributed by atoms with van der Waals surface area (Å²) in [6.45, 7) is 3.02. The summed E-state index contributed by atoms with van der Waals surface area (Å²) in [7, 11) is 2.09. The molecule has 0 atom stereocenters. The second-order valence-electron chi connectivity index (χ2n) is 6.18. The maximum absolute atomic E-state index is 5.27. The molecule has 2 N–H and O–H groups in total. The number of aromatic nitrogens is 1. The zero-order valence-electron chi connectivity index (χ0n) is 15.2. The van der Waals surface area contributed by atoms with Crippen LogP contribution in [0.15, 0.2) is 59.7 Å². The Morgan fingerprint density at radius 2 is 1.85 bits per heavy atom. The predicted molar refractivity (Wildman–Crippen MR) is 115 cm³/mol. The van der Waals surface area contributed by atoms with E-state index in [0.29, 0.717) is 5.11 Å². The number of fused-ring (bicyclic) bond motifs is 1. The average molecular weight is 365 g/mol. The van der Waals surface area contributed by atoms with Gasteiger partial charge in [0.05, 0.1) is 11.9 Å². The highest BCUT2D eigenvalue weighted by molar-refractivity contribution is 7.80. The minimum atomic E-state index is 0.552. The Kier molecular flexibility index (Phi) is 6.02. The number of para-hydroxylation sites is 1. The van der Waals surface area contributed by atoms with Crippen molar-refractivity contribution in [3.8, 4) is 11.3 Å². The molecule has 5 heteroatoms. The first-order valence-corrected chi connectivity index (χ1v) is 9.33. The van der Waals surface area contributed by atoms with E-state index in [1.807, 2.05) is 12.3 Å². The van der Waals surface area contributed by atoms with Crippen LogP contribution in [0, 0.1) is 0 Å². The van der Waals surface area contributed by atoms with Gasteiger partial charge in [0.15, 0.2) is 5.11 Å². The molecule has 0 fully saturated rings. The molecule has 0 saturated carbocycles. The van der Waals surface area contributed by atoms with E-state index >= 15 is 0 Å². The van der Waals surface area contributed by atoms with Crippen molar-refractivity contribution in [3.05, 3.63) is 60.2 Å². The molecule has 4 nitrogen and oxygen atoms in total. The number of benzene rings is 2. The van der Waals surface area contributed by atoms with Crippen LogP contribution >= 0.6 is 12.2 Å². The summed E-state index contributed by atoms with van der Waals surface area (Å²) in [5.41, 5.74) is 7.49. The lowest BCUT2D eigenvalue weighted by molar-refractivity contribution is 0.745. The lowest BCUT2D eigenvalue weighted by Gasteiger charge is -2.07. The van der Waals surface area contributed by atoms with Crippen molar-refractivity contribution in [3.63, 3.8) is 0 Å². The Morgan fingerprint density at radius 3 is 2.62 bits per heavy atom. The van der Waals surface area contributed by atoms with Crippen molar-refractivity contribution in [2.24, 2.45) is 12.1 Å². The quantitative estimate of drug-likeness (QED) is 0.294. The maximum atomic E-state index is 5.27. The standard InChI is InChI=1S/C21H24N4S/c1-3-4-14-22-21(26)24-23-15-18-17-12-8-9-13-19(17)25(2)20(18)16-10-6-5-7-11-16/h5-13,15H,3-4,14H2,1-2H3,(H2,22,24,26)/b23-15-. The van der Waals surface area contributed by atoms with Crippen LogP contribution in [0.2, 0.25) is 0 Å². The number of nitrogens with zero attached hydrogens (tertiary/aromatic N) is 2. The largest absolute Gasteiger partial charge is 0.361 e. The molecule has 1 aromatic heterocycles. The van der Waals surface area contributed by atoms with Crippen molar-refractivity contribution in [1.82, 2.24) is 15.3 Å². The van der Waals surface area contributed by atoms with Crippen molar-refractivity contribution < 1.29 is 0 Å². The Bertz CT molecular complexity index is 912. The number of aryl methyl sites for hydroxylation is 1. The first-order valence-electron chi connectivity index (χ1n) is 8.92. The van der Waals surface area contributed by atoms with E-state index in [9.17, 15) is 0 Å². The minimum absolute atomic E-state index is 0.552. The van der Waals surface area contributed by atoms with E-state index in [4.69, 9.17) is 12.2 Å². The van der Waals surface area contributed by atoms with Gasteiger partial charge in [-0.25, -0.2) is 0 Å². The lowest BCUT2D eigenvalue weighted by atomic mass is 10.1. The molecule has 0 spiro atoms. The third-order valence-electron chi connectivity index (χ3n) is 4.37. The van der Waals surface area contributed by atoms with Crippen molar-refractivity contribution in [2.75, 3.05) is 6.54 Å². The molecule has 3 aromatic rings. The molecule has 0 saturated heterocycles. The maximum Gasteiger partial charge on any atom is 0.186 e. The smallest absolute Gasteiger partial charge is 0.186 e. The molecular weight excluding hydrogens is 340 g/mol. The summed E-state index contributed by atoms with van der Waals surface area (Å²) in [6.07, 6.45) is 4.08. The normalized spacial score (nSPS) is 11.2. The molecule has 0 aliphatic heterocycles. The SMILES string of the molecule is CCCCNC(=S)N/N=C\c1c(-c2ccccc2)n(C)c2ccccc12. The Hall–Kier alpha value is -2.66. The number of hydrogen-bond acceptors (Lipinski definition) is 2. The molecule has 0 radical (unpaired) electrons. The van der Waals surface area contributed by atoms with Gasteiger partial charge in [-0.3, -0.25) is 5.43 Å². The molecule has 134 valence electrons. The highest BCUT2D eigenvalue weighted by Crippen LogP contribution is 2.31. The Balaban J connectivity index is 1.92. The predicted octanol–water partition coefficient (Wildman–Crippen LogP) is 4.44. The number of unbranched alkanes of at least 4 members (excludes halogenated alkanes) is 1. The minimum Gasteiger partial charge on any atom is -0.361 e. The van der Waals surface area contributed by atoms with Crippen LogP contribution in [-0.2, 0) is 7.05 Å². The Morgan fingerprint density at radius 1 is 1.12 bits per heavy atom. The number of thiocarbonyl (C=S) groups is 1. The molecule has 3 rings (SSSR count). The highest BCUT2D eigenvalue weighted by Gasteiger charge is 2.14. The molecule has 0 aliphatic carbocycles. The van der Waals surface area contributed by atoms with Gasteiger partial charge in [0.25, 0.3) is 0 Å². The summed E-state index contributed by atoms with van der Waals surface area (Å²) < 4.78 is 2.21. The van der Waals surface area contributed by atoms with Gasteiger partial charge in [0.2, 0.25) is 0 Å². The fourth-order valence-electron chi connectivity index (χ4n) is 3.07. The summed E-state index contributed by atoms with van der Waals surface area (Å²) in [5, 5.41) is 9.26. The van der Waals surface area contributed by atoms with Crippen molar-refractivity contribution in [2.45, 2.75) is 19.8 Å². The van der Waals surface area contributed by atoms with Gasteiger partial charge in [0, 0.05) is 30.1 Å². The summed E-state index contributed by atoms with van der Waals surface area (Å²) >= 11 is 5.27. The van der Waals surface area contributed by atoms with Crippen LogP contribution in [0.25, 0.3) is 22.2 Å². The number of hydrazone groups is 1. The third kappa shape index (κ3) is 3.94.